The normalized spacial score (nSPS) is 10.7. The molecule has 0 bridgehead atoms. The van der Waals surface area contributed by atoms with E-state index in [1.165, 1.54) is 0 Å². The number of amides is 1. The van der Waals surface area contributed by atoms with Gasteiger partial charge in [0.1, 0.15) is 0 Å². The van der Waals surface area contributed by atoms with E-state index in [2.05, 4.69) is 22.4 Å². The molecule has 3 heteroatoms. The number of aromatic nitrogens is 1. The highest BCUT2D eigenvalue weighted by atomic mass is 16.1. The van der Waals surface area contributed by atoms with Crippen molar-refractivity contribution in [2.45, 2.75) is 0 Å². The molecule has 4 rings (SSSR count). The van der Waals surface area contributed by atoms with Crippen LogP contribution in [0.4, 0.5) is 5.69 Å². The van der Waals surface area contributed by atoms with Crippen LogP contribution in [-0.2, 0) is 0 Å². The van der Waals surface area contributed by atoms with E-state index in [0.29, 0.717) is 5.56 Å². The predicted molar refractivity (Wildman–Crippen MR) is 98.1 cm³/mol. The number of nitrogens with one attached hydrogen (secondary N) is 2. The van der Waals surface area contributed by atoms with Gasteiger partial charge >= 0.3 is 0 Å². The second-order valence-corrected chi connectivity index (χ2v) is 5.65. The first-order valence-corrected chi connectivity index (χ1v) is 7.84. The Morgan fingerprint density at radius 2 is 1.42 bits per heavy atom. The lowest BCUT2D eigenvalue weighted by Gasteiger charge is -2.06. The molecule has 116 valence electrons. The molecule has 0 saturated carbocycles. The number of benzene rings is 3. The number of carbonyl (C=O) groups excluding carboxylic acids is 1. The fourth-order valence-electron chi connectivity index (χ4n) is 2.83. The maximum Gasteiger partial charge on any atom is 0.257 e. The van der Waals surface area contributed by atoms with Gasteiger partial charge in [-0.3, -0.25) is 4.79 Å². The number of hydrogen-bond acceptors (Lipinski definition) is 1. The summed E-state index contributed by atoms with van der Waals surface area (Å²) < 4.78 is 0. The Hall–Kier alpha value is -3.33. The Labute approximate surface area is 140 Å². The van der Waals surface area contributed by atoms with Gasteiger partial charge in [-0.1, -0.05) is 60.7 Å². The smallest absolute Gasteiger partial charge is 0.257 e. The Morgan fingerprint density at radius 1 is 0.750 bits per heavy atom. The highest BCUT2D eigenvalue weighted by Gasteiger charge is 2.11. The van der Waals surface area contributed by atoms with Gasteiger partial charge in [0.2, 0.25) is 0 Å². The first kappa shape index (κ1) is 14.3. The summed E-state index contributed by atoms with van der Waals surface area (Å²) in [6.45, 7) is 0. The zero-order chi connectivity index (χ0) is 16.4. The van der Waals surface area contributed by atoms with Crippen LogP contribution in [0.25, 0.3) is 22.0 Å². The summed E-state index contributed by atoms with van der Waals surface area (Å²) in [5, 5.41) is 3.88. The van der Waals surface area contributed by atoms with E-state index in [4.69, 9.17) is 0 Å². The molecule has 0 atom stereocenters. The Morgan fingerprint density at radius 3 is 2.21 bits per heavy atom. The third kappa shape index (κ3) is 2.68. The average molecular weight is 312 g/mol. The fourth-order valence-corrected chi connectivity index (χ4v) is 2.83. The molecule has 0 aliphatic carbocycles. The molecule has 0 saturated heterocycles. The molecule has 3 aromatic carbocycles. The van der Waals surface area contributed by atoms with E-state index < -0.39 is 0 Å². The Balaban J connectivity index is 1.56. The lowest BCUT2D eigenvalue weighted by atomic mass is 10.1. The number of carbonyl (C=O) groups is 1. The van der Waals surface area contributed by atoms with Crippen molar-refractivity contribution in [3.05, 3.63) is 90.6 Å². The van der Waals surface area contributed by atoms with Crippen LogP contribution in [0.2, 0.25) is 0 Å². The Bertz CT molecular complexity index is 985. The van der Waals surface area contributed by atoms with Crippen LogP contribution in [0.15, 0.2) is 85.1 Å². The van der Waals surface area contributed by atoms with Gasteiger partial charge in [0.25, 0.3) is 5.91 Å². The van der Waals surface area contributed by atoms with Crippen molar-refractivity contribution in [3.63, 3.8) is 0 Å². The largest absolute Gasteiger partial charge is 0.360 e. The van der Waals surface area contributed by atoms with Crippen molar-refractivity contribution in [1.82, 2.24) is 4.98 Å². The van der Waals surface area contributed by atoms with Crippen molar-refractivity contribution in [2.75, 3.05) is 5.32 Å². The standard InChI is InChI=1S/C21H16N2O/c24-21(19-14-22-20-9-5-4-8-18(19)20)23-17-12-10-16(11-13-17)15-6-2-1-3-7-15/h1-14,22H,(H,23,24). The van der Waals surface area contributed by atoms with Gasteiger partial charge in [-0.2, -0.15) is 0 Å². The van der Waals surface area contributed by atoms with Crippen molar-refractivity contribution >= 4 is 22.5 Å². The van der Waals surface area contributed by atoms with E-state index in [0.717, 1.165) is 27.7 Å². The highest BCUT2D eigenvalue weighted by Crippen LogP contribution is 2.22. The molecule has 0 unspecified atom stereocenters. The van der Waals surface area contributed by atoms with Crippen LogP contribution in [0.5, 0.6) is 0 Å². The third-order valence-corrected chi connectivity index (χ3v) is 4.08. The summed E-state index contributed by atoms with van der Waals surface area (Å²) in [6, 6.07) is 25.8. The van der Waals surface area contributed by atoms with Crippen LogP contribution >= 0.6 is 0 Å². The van der Waals surface area contributed by atoms with E-state index in [1.54, 1.807) is 6.20 Å². The first-order valence-electron chi connectivity index (χ1n) is 7.84. The number of hydrogen-bond donors (Lipinski definition) is 2. The van der Waals surface area contributed by atoms with E-state index in [9.17, 15) is 4.79 Å². The molecule has 1 heterocycles. The number of aromatic amines is 1. The van der Waals surface area contributed by atoms with Crippen LogP contribution in [0, 0.1) is 0 Å². The lowest BCUT2D eigenvalue weighted by Crippen LogP contribution is -2.11. The minimum atomic E-state index is -0.111. The zero-order valence-corrected chi connectivity index (χ0v) is 13.0. The Kier molecular flexibility index (Phi) is 3.60. The monoisotopic (exact) mass is 312 g/mol. The van der Waals surface area contributed by atoms with Gasteiger partial charge in [0.05, 0.1) is 5.56 Å². The molecule has 1 aromatic heterocycles. The van der Waals surface area contributed by atoms with Gasteiger partial charge in [0.15, 0.2) is 0 Å². The summed E-state index contributed by atoms with van der Waals surface area (Å²) in [6.07, 6.45) is 1.75. The third-order valence-electron chi connectivity index (χ3n) is 4.08. The average Bonchev–Trinajstić information content (AvgIpc) is 3.07. The van der Waals surface area contributed by atoms with Gasteiger partial charge in [-0.05, 0) is 29.3 Å². The van der Waals surface area contributed by atoms with Crippen molar-refractivity contribution < 1.29 is 4.79 Å². The number of H-pyrrole nitrogens is 1. The fraction of sp³-hybridized carbons (Fsp3) is 0. The van der Waals surface area contributed by atoms with Crippen molar-refractivity contribution in [1.29, 1.82) is 0 Å². The van der Waals surface area contributed by atoms with E-state index in [1.807, 2.05) is 66.7 Å². The molecule has 24 heavy (non-hydrogen) atoms. The van der Waals surface area contributed by atoms with Crippen molar-refractivity contribution in [3.8, 4) is 11.1 Å². The lowest BCUT2D eigenvalue weighted by molar-refractivity contribution is 0.102. The molecule has 1 amide bonds. The van der Waals surface area contributed by atoms with Gasteiger partial charge in [-0.25, -0.2) is 0 Å². The topological polar surface area (TPSA) is 44.9 Å². The molecule has 0 aliphatic heterocycles. The minimum Gasteiger partial charge on any atom is -0.360 e. The molecular weight excluding hydrogens is 296 g/mol. The summed E-state index contributed by atoms with van der Waals surface area (Å²) in [5.74, 6) is -0.111. The van der Waals surface area contributed by atoms with Gasteiger partial charge in [-0.15, -0.1) is 0 Å². The van der Waals surface area contributed by atoms with Crippen LogP contribution in [-0.4, -0.2) is 10.9 Å². The highest BCUT2D eigenvalue weighted by molar-refractivity contribution is 6.12. The van der Waals surface area contributed by atoms with E-state index >= 15 is 0 Å². The number of para-hydroxylation sites is 1. The van der Waals surface area contributed by atoms with Crippen molar-refractivity contribution in [2.24, 2.45) is 0 Å². The van der Waals surface area contributed by atoms with E-state index in [-0.39, 0.29) is 5.91 Å². The number of rotatable bonds is 3. The predicted octanol–water partition coefficient (Wildman–Crippen LogP) is 5.09. The van der Waals surface area contributed by atoms with Crippen LogP contribution in [0.1, 0.15) is 10.4 Å². The minimum absolute atomic E-state index is 0.111. The summed E-state index contributed by atoms with van der Waals surface area (Å²) in [4.78, 5) is 15.6. The molecule has 0 fully saturated rings. The SMILES string of the molecule is O=C(Nc1ccc(-c2ccccc2)cc1)c1c[nH]c2ccccc12. The number of fused-ring (bicyclic) bond motifs is 1. The number of anilines is 1. The quantitative estimate of drug-likeness (QED) is 0.544. The summed E-state index contributed by atoms with van der Waals surface area (Å²) in [5.41, 5.74) is 4.68. The maximum atomic E-state index is 12.5. The summed E-state index contributed by atoms with van der Waals surface area (Å²) >= 11 is 0. The first-order chi connectivity index (χ1) is 11.8. The van der Waals surface area contributed by atoms with Crippen LogP contribution in [0.3, 0.4) is 0 Å². The second-order valence-electron chi connectivity index (χ2n) is 5.65. The molecule has 0 aliphatic rings. The van der Waals surface area contributed by atoms with Crippen LogP contribution < -0.4 is 5.32 Å². The molecular formula is C21H16N2O. The molecule has 0 spiro atoms. The maximum absolute atomic E-state index is 12.5. The molecule has 4 aromatic rings. The van der Waals surface area contributed by atoms with Gasteiger partial charge in [0, 0.05) is 22.8 Å². The molecule has 0 radical (unpaired) electrons. The molecule has 3 nitrogen and oxygen atoms in total. The summed E-state index contributed by atoms with van der Waals surface area (Å²) in [7, 11) is 0. The second kappa shape index (κ2) is 6.05. The molecule has 2 N–H and O–H groups in total. The van der Waals surface area contributed by atoms with Gasteiger partial charge < -0.3 is 10.3 Å². The zero-order valence-electron chi connectivity index (χ0n) is 13.0.